The standard InChI is InChI=1S/C23H16O6.C17H29N2.H2O/c24-20-16(14-7-3-1-5-12(14)9-18(20)22(26)27)11-17-15-8-4-2-6-13(15)10-19(21(17)25)23(28)29;1-16-6-12-18(13-7-16)10-4-3-5-11-19-14-8-17(2)9-15-19;/h1-10,24-25H,11H2,(H,26,27)(H,28,29);3-5,10-11,16-17H,6-9,12-15H2,1-2H3;1H2/q;+1;/p-1. The van der Waals surface area contributed by atoms with Crippen LogP contribution >= 0.6 is 0 Å². The molecule has 0 atom stereocenters. The molecule has 2 heterocycles. The highest BCUT2D eigenvalue weighted by Gasteiger charge is 2.20. The molecule has 0 unspecified atom stereocenters. The van der Waals surface area contributed by atoms with E-state index in [1.165, 1.54) is 64.0 Å². The van der Waals surface area contributed by atoms with Gasteiger partial charge in [0.15, 0.2) is 6.21 Å². The third kappa shape index (κ3) is 9.06. The average Bonchev–Trinajstić information content (AvgIpc) is 3.08. The first-order valence-electron chi connectivity index (χ1n) is 16.7. The smallest absolute Gasteiger partial charge is 0.339 e. The fraction of sp³-hybridized carbons (Fsp3) is 0.325. The van der Waals surface area contributed by atoms with Gasteiger partial charge in [-0.15, -0.1) is 0 Å². The predicted octanol–water partition coefficient (Wildman–Crippen LogP) is 6.24. The SMILES string of the molecule is CC1CCN(/C=C\C=C\C=[N+]2CCC(C)CC2)CC1.O.O=C(O)c1cc2ccccc2c(Cc2c(O)c(C(=O)O)cc3ccccc23)c1[O-]. The predicted molar refractivity (Wildman–Crippen MR) is 192 cm³/mol. The van der Waals surface area contributed by atoms with Crippen molar-refractivity contribution < 1.29 is 40.1 Å². The van der Waals surface area contributed by atoms with E-state index in [0.29, 0.717) is 21.5 Å². The van der Waals surface area contributed by atoms with E-state index >= 15 is 0 Å². The van der Waals surface area contributed by atoms with Crippen molar-refractivity contribution in [1.29, 1.82) is 0 Å². The normalized spacial score (nSPS) is 16.8. The maximum absolute atomic E-state index is 12.9. The maximum Gasteiger partial charge on any atom is 0.339 e. The Morgan fingerprint density at radius 3 is 1.92 bits per heavy atom. The van der Waals surface area contributed by atoms with Crippen LogP contribution in [0.15, 0.2) is 85.1 Å². The monoisotopic (exact) mass is 666 g/mol. The van der Waals surface area contributed by atoms with Gasteiger partial charge in [-0.05, 0) is 76.2 Å². The van der Waals surface area contributed by atoms with Gasteiger partial charge in [0.25, 0.3) is 0 Å². The summed E-state index contributed by atoms with van der Waals surface area (Å²) in [5.41, 5.74) is -0.171. The van der Waals surface area contributed by atoms with Crippen LogP contribution in [0.3, 0.4) is 0 Å². The van der Waals surface area contributed by atoms with Crippen LogP contribution in [-0.4, -0.2) is 74.6 Å². The molecule has 9 nitrogen and oxygen atoms in total. The quantitative estimate of drug-likeness (QED) is 0.156. The molecule has 258 valence electrons. The van der Waals surface area contributed by atoms with E-state index in [1.807, 2.05) is 0 Å². The first-order chi connectivity index (χ1) is 23.1. The number of likely N-dealkylation sites (tertiary alicyclic amines) is 1. The van der Waals surface area contributed by atoms with Crippen molar-refractivity contribution in [3.8, 4) is 11.5 Å². The number of aromatic hydroxyl groups is 1. The summed E-state index contributed by atoms with van der Waals surface area (Å²) in [6.45, 7) is 9.60. The zero-order chi connectivity index (χ0) is 34.2. The Labute approximate surface area is 287 Å². The van der Waals surface area contributed by atoms with Crippen LogP contribution in [0, 0.1) is 11.8 Å². The number of benzene rings is 4. The van der Waals surface area contributed by atoms with Crippen molar-refractivity contribution in [2.24, 2.45) is 11.8 Å². The zero-order valence-electron chi connectivity index (χ0n) is 28.1. The molecule has 0 aromatic heterocycles. The second-order valence-corrected chi connectivity index (χ2v) is 13.0. The Kier molecular flexibility index (Phi) is 12.6. The highest BCUT2D eigenvalue weighted by molar-refractivity contribution is 6.02. The lowest BCUT2D eigenvalue weighted by molar-refractivity contribution is -0.535. The van der Waals surface area contributed by atoms with Crippen molar-refractivity contribution in [2.45, 2.75) is 46.0 Å². The molecule has 0 aliphatic carbocycles. The first-order valence-corrected chi connectivity index (χ1v) is 16.7. The molecule has 6 rings (SSSR count). The van der Waals surface area contributed by atoms with Crippen molar-refractivity contribution >= 4 is 39.7 Å². The molecule has 2 aliphatic rings. The summed E-state index contributed by atoms with van der Waals surface area (Å²) in [5, 5.41) is 44.8. The Balaban J connectivity index is 0.000000236. The maximum atomic E-state index is 12.9. The van der Waals surface area contributed by atoms with E-state index in [1.54, 1.807) is 48.5 Å². The van der Waals surface area contributed by atoms with Crippen LogP contribution in [0.5, 0.6) is 11.5 Å². The number of carbonyl (C=O) groups is 2. The van der Waals surface area contributed by atoms with Crippen molar-refractivity contribution in [3.05, 3.63) is 107 Å². The topological polar surface area (TPSA) is 156 Å². The molecule has 0 spiro atoms. The fourth-order valence-electron chi connectivity index (χ4n) is 6.43. The summed E-state index contributed by atoms with van der Waals surface area (Å²) in [7, 11) is 0. The molecule has 9 heteroatoms. The number of hydrogen-bond acceptors (Lipinski definition) is 5. The molecule has 0 bridgehead atoms. The van der Waals surface area contributed by atoms with Crippen LogP contribution in [-0.2, 0) is 6.42 Å². The molecule has 5 N–H and O–H groups in total. The molecule has 49 heavy (non-hydrogen) atoms. The zero-order valence-corrected chi connectivity index (χ0v) is 28.1. The van der Waals surface area contributed by atoms with Gasteiger partial charge >= 0.3 is 11.9 Å². The van der Waals surface area contributed by atoms with Gasteiger partial charge in [-0.3, -0.25) is 0 Å². The summed E-state index contributed by atoms with van der Waals surface area (Å²) in [5.74, 6) is -1.89. The van der Waals surface area contributed by atoms with E-state index in [-0.39, 0.29) is 34.2 Å². The Morgan fingerprint density at radius 2 is 1.33 bits per heavy atom. The van der Waals surface area contributed by atoms with Gasteiger partial charge in [0.1, 0.15) is 24.4 Å². The lowest BCUT2D eigenvalue weighted by Gasteiger charge is -2.28. The van der Waals surface area contributed by atoms with Gasteiger partial charge in [0.05, 0.1) is 5.56 Å². The summed E-state index contributed by atoms with van der Waals surface area (Å²) in [4.78, 5) is 25.6. The van der Waals surface area contributed by atoms with Gasteiger partial charge in [-0.1, -0.05) is 74.2 Å². The van der Waals surface area contributed by atoms with Gasteiger partial charge in [0.2, 0.25) is 0 Å². The van der Waals surface area contributed by atoms with E-state index in [9.17, 15) is 30.0 Å². The third-order valence-corrected chi connectivity index (χ3v) is 9.50. The van der Waals surface area contributed by atoms with Crippen molar-refractivity contribution in [3.63, 3.8) is 0 Å². The number of nitrogens with zero attached hydrogens (tertiary/aromatic N) is 2. The van der Waals surface area contributed by atoms with Gasteiger partial charge < -0.3 is 30.8 Å². The Bertz CT molecular complexity index is 1780. The molecule has 4 aromatic carbocycles. The van der Waals surface area contributed by atoms with Crippen LogP contribution in [0.25, 0.3) is 21.5 Å². The minimum absolute atomic E-state index is 0. The number of aromatic carboxylic acids is 2. The molecule has 2 fully saturated rings. The van der Waals surface area contributed by atoms with E-state index in [4.69, 9.17) is 0 Å². The van der Waals surface area contributed by atoms with Crippen molar-refractivity contribution in [2.75, 3.05) is 26.2 Å². The van der Waals surface area contributed by atoms with Gasteiger partial charge in [0, 0.05) is 44.0 Å². The number of rotatable bonds is 7. The molecule has 0 saturated carbocycles. The van der Waals surface area contributed by atoms with Gasteiger partial charge in [-0.2, -0.15) is 0 Å². The summed E-state index contributed by atoms with van der Waals surface area (Å²) in [6.07, 6.45) is 16.3. The number of hydrogen-bond donors (Lipinski definition) is 3. The third-order valence-electron chi connectivity index (χ3n) is 9.50. The molecule has 2 aliphatic heterocycles. The second-order valence-electron chi connectivity index (χ2n) is 13.0. The number of carboxylic acids is 2. The number of piperidine rings is 2. The fourth-order valence-corrected chi connectivity index (χ4v) is 6.43. The number of fused-ring (bicyclic) bond motifs is 2. The van der Waals surface area contributed by atoms with Crippen LogP contribution in [0.4, 0.5) is 0 Å². The van der Waals surface area contributed by atoms with Crippen LogP contribution < -0.4 is 5.11 Å². The Hall–Kier alpha value is -5.15. The first kappa shape index (κ1) is 36.7. The highest BCUT2D eigenvalue weighted by atomic mass is 16.4. The second kappa shape index (κ2) is 16.8. The molecular weight excluding hydrogens is 620 g/mol. The van der Waals surface area contributed by atoms with Crippen LogP contribution in [0.2, 0.25) is 0 Å². The van der Waals surface area contributed by atoms with Crippen molar-refractivity contribution in [1.82, 2.24) is 4.90 Å². The Morgan fingerprint density at radius 1 is 0.796 bits per heavy atom. The number of allylic oxidation sites excluding steroid dienone is 3. The molecule has 4 aromatic rings. The van der Waals surface area contributed by atoms with E-state index in [0.717, 1.165) is 11.8 Å². The van der Waals surface area contributed by atoms with Gasteiger partial charge in [-0.25, -0.2) is 14.2 Å². The molecule has 2 saturated heterocycles. The lowest BCUT2D eigenvalue weighted by Crippen LogP contribution is -2.28. The molecule has 0 amide bonds. The van der Waals surface area contributed by atoms with Crippen LogP contribution in [0.1, 0.15) is 71.4 Å². The van der Waals surface area contributed by atoms with E-state index in [2.05, 4.69) is 54.0 Å². The lowest BCUT2D eigenvalue weighted by atomic mass is 9.90. The minimum atomic E-state index is -1.34. The summed E-state index contributed by atoms with van der Waals surface area (Å²) in [6, 6.07) is 16.5. The number of phenols is 1. The molecular formula is C40H46N2O7. The number of carboxylic acid groups (broad SMARTS) is 2. The average molecular weight is 667 g/mol. The minimum Gasteiger partial charge on any atom is -0.872 e. The highest BCUT2D eigenvalue weighted by Crippen LogP contribution is 2.38. The summed E-state index contributed by atoms with van der Waals surface area (Å²) >= 11 is 0. The molecule has 0 radical (unpaired) electrons. The summed E-state index contributed by atoms with van der Waals surface area (Å²) < 4.78 is 2.44. The van der Waals surface area contributed by atoms with E-state index < -0.39 is 23.4 Å². The largest absolute Gasteiger partial charge is 0.872 e.